The van der Waals surface area contributed by atoms with Crippen LogP contribution in [0, 0.1) is 0 Å². The summed E-state index contributed by atoms with van der Waals surface area (Å²) in [7, 11) is 0. The van der Waals surface area contributed by atoms with E-state index in [2.05, 4.69) is 10.5 Å². The summed E-state index contributed by atoms with van der Waals surface area (Å²) in [5, 5.41) is 7.69. The van der Waals surface area contributed by atoms with E-state index in [4.69, 9.17) is 8.94 Å². The van der Waals surface area contributed by atoms with E-state index in [1.54, 1.807) is 12.3 Å². The van der Waals surface area contributed by atoms with Gasteiger partial charge in [-0.05, 0) is 31.2 Å². The Morgan fingerprint density at radius 3 is 2.95 bits per heavy atom. The van der Waals surface area contributed by atoms with E-state index >= 15 is 0 Å². The number of hydrogen-bond acceptors (Lipinski definition) is 4. The number of aromatic nitrogens is 1. The predicted molar refractivity (Wildman–Crippen MR) is 73.0 cm³/mol. The van der Waals surface area contributed by atoms with Gasteiger partial charge in [0.1, 0.15) is 11.5 Å². The summed E-state index contributed by atoms with van der Waals surface area (Å²) in [5.74, 6) is 0.608. The summed E-state index contributed by atoms with van der Waals surface area (Å²) in [6.07, 6.45) is 1.77. The Morgan fingerprint density at radius 1 is 1.30 bits per heavy atom. The van der Waals surface area contributed by atoms with Crippen LogP contribution in [-0.4, -0.2) is 11.1 Å². The van der Waals surface area contributed by atoms with Crippen molar-refractivity contribution in [3.8, 4) is 0 Å². The molecule has 0 saturated carbocycles. The third-order valence-corrected chi connectivity index (χ3v) is 3.13. The largest absolute Gasteiger partial charge is 0.467 e. The Hall–Kier alpha value is -2.56. The normalized spacial score (nSPS) is 12.4. The molecule has 5 heteroatoms. The van der Waals surface area contributed by atoms with Gasteiger partial charge in [-0.15, -0.1) is 0 Å². The van der Waals surface area contributed by atoms with Gasteiger partial charge in [-0.25, -0.2) is 0 Å². The second-order valence-electron chi connectivity index (χ2n) is 4.61. The Labute approximate surface area is 115 Å². The summed E-state index contributed by atoms with van der Waals surface area (Å²) in [6, 6.07) is 10.9. The van der Waals surface area contributed by atoms with Gasteiger partial charge in [0.15, 0.2) is 5.58 Å². The number of carbonyl (C=O) groups excluding carboxylic acids is 1. The second kappa shape index (κ2) is 5.21. The van der Waals surface area contributed by atoms with Crippen molar-refractivity contribution >= 4 is 16.9 Å². The molecule has 0 bridgehead atoms. The molecule has 0 radical (unpaired) electrons. The lowest BCUT2D eigenvalue weighted by atomic mass is 10.1. The lowest BCUT2D eigenvalue weighted by Gasteiger charge is -2.10. The zero-order valence-corrected chi connectivity index (χ0v) is 11.0. The van der Waals surface area contributed by atoms with Gasteiger partial charge >= 0.3 is 0 Å². The van der Waals surface area contributed by atoms with Gasteiger partial charge in [-0.1, -0.05) is 17.3 Å². The average Bonchev–Trinajstić information content (AvgIpc) is 3.09. The SMILES string of the molecule is C[C@H](NC(=O)Cc1noc2ccccc12)c1ccco1. The first-order valence-electron chi connectivity index (χ1n) is 6.40. The minimum absolute atomic E-state index is 0.118. The van der Waals surface area contributed by atoms with E-state index < -0.39 is 0 Å². The van der Waals surface area contributed by atoms with Crippen molar-refractivity contribution in [3.63, 3.8) is 0 Å². The molecule has 102 valence electrons. The smallest absolute Gasteiger partial charge is 0.226 e. The van der Waals surface area contributed by atoms with Crippen LogP contribution in [0.5, 0.6) is 0 Å². The predicted octanol–water partition coefficient (Wildman–Crippen LogP) is 2.84. The van der Waals surface area contributed by atoms with Gasteiger partial charge in [0, 0.05) is 5.39 Å². The molecule has 1 N–H and O–H groups in total. The molecule has 0 saturated heterocycles. The van der Waals surface area contributed by atoms with Crippen LogP contribution in [-0.2, 0) is 11.2 Å². The average molecular weight is 270 g/mol. The lowest BCUT2D eigenvalue weighted by Crippen LogP contribution is -2.28. The number of benzene rings is 1. The van der Waals surface area contributed by atoms with Crippen LogP contribution >= 0.6 is 0 Å². The van der Waals surface area contributed by atoms with Crippen LogP contribution in [0.4, 0.5) is 0 Å². The monoisotopic (exact) mass is 270 g/mol. The van der Waals surface area contributed by atoms with Crippen molar-refractivity contribution in [2.75, 3.05) is 0 Å². The molecule has 3 rings (SSSR count). The van der Waals surface area contributed by atoms with Gasteiger partial charge in [0.05, 0.1) is 18.7 Å². The fourth-order valence-electron chi connectivity index (χ4n) is 2.12. The van der Waals surface area contributed by atoms with Crippen LogP contribution in [0.3, 0.4) is 0 Å². The Kier molecular flexibility index (Phi) is 3.25. The van der Waals surface area contributed by atoms with Crippen LogP contribution in [0.2, 0.25) is 0 Å². The highest BCUT2D eigenvalue weighted by Crippen LogP contribution is 2.18. The van der Waals surface area contributed by atoms with Crippen LogP contribution in [0.15, 0.2) is 51.6 Å². The Bertz CT molecular complexity index is 716. The van der Waals surface area contributed by atoms with Crippen LogP contribution in [0.1, 0.15) is 24.4 Å². The standard InChI is InChI=1S/C15H14N2O3/c1-10(13-7-4-8-19-13)16-15(18)9-12-11-5-2-3-6-14(11)20-17-12/h2-8,10H,9H2,1H3,(H,16,18)/t10-/m0/s1. The molecule has 0 fully saturated rings. The van der Waals surface area contributed by atoms with Crippen molar-refractivity contribution in [2.24, 2.45) is 0 Å². The molecule has 0 aliphatic carbocycles. The molecule has 2 heterocycles. The van der Waals surface area contributed by atoms with Gasteiger partial charge in [0.25, 0.3) is 0 Å². The minimum Gasteiger partial charge on any atom is -0.467 e. The molecule has 5 nitrogen and oxygen atoms in total. The first-order valence-corrected chi connectivity index (χ1v) is 6.40. The topological polar surface area (TPSA) is 68.3 Å². The maximum absolute atomic E-state index is 12.0. The van der Waals surface area contributed by atoms with Crippen molar-refractivity contribution in [1.29, 1.82) is 0 Å². The van der Waals surface area contributed by atoms with Crippen LogP contribution < -0.4 is 5.32 Å². The molecule has 1 amide bonds. The molecule has 20 heavy (non-hydrogen) atoms. The highest BCUT2D eigenvalue weighted by Gasteiger charge is 2.15. The number of para-hydroxylation sites is 1. The molecule has 1 aromatic carbocycles. The van der Waals surface area contributed by atoms with Crippen molar-refractivity contribution in [2.45, 2.75) is 19.4 Å². The summed E-state index contributed by atoms with van der Waals surface area (Å²) in [4.78, 5) is 12.0. The Morgan fingerprint density at radius 2 is 2.15 bits per heavy atom. The number of fused-ring (bicyclic) bond motifs is 1. The van der Waals surface area contributed by atoms with Crippen molar-refractivity contribution in [3.05, 3.63) is 54.1 Å². The highest BCUT2D eigenvalue weighted by atomic mass is 16.5. The third kappa shape index (κ3) is 2.42. The number of furan rings is 1. The molecule has 1 atom stereocenters. The number of amides is 1. The van der Waals surface area contributed by atoms with E-state index in [0.717, 1.165) is 11.1 Å². The lowest BCUT2D eigenvalue weighted by molar-refractivity contribution is -0.121. The fourth-order valence-corrected chi connectivity index (χ4v) is 2.12. The summed E-state index contributed by atoms with van der Waals surface area (Å²) >= 11 is 0. The Balaban J connectivity index is 1.70. The maximum Gasteiger partial charge on any atom is 0.226 e. The number of hydrogen-bond donors (Lipinski definition) is 1. The molecule has 0 aliphatic rings. The first-order chi connectivity index (χ1) is 9.74. The van der Waals surface area contributed by atoms with E-state index in [-0.39, 0.29) is 18.4 Å². The molecule has 2 aromatic heterocycles. The molecule has 0 aliphatic heterocycles. The number of nitrogens with one attached hydrogen (secondary N) is 1. The zero-order chi connectivity index (χ0) is 13.9. The quantitative estimate of drug-likeness (QED) is 0.791. The zero-order valence-electron chi connectivity index (χ0n) is 11.0. The molecular weight excluding hydrogens is 256 g/mol. The van der Waals surface area contributed by atoms with E-state index in [1.807, 2.05) is 37.3 Å². The number of carbonyl (C=O) groups is 1. The van der Waals surface area contributed by atoms with Gasteiger partial charge < -0.3 is 14.3 Å². The number of rotatable bonds is 4. The van der Waals surface area contributed by atoms with Crippen LogP contribution in [0.25, 0.3) is 11.0 Å². The van der Waals surface area contributed by atoms with E-state index in [0.29, 0.717) is 11.3 Å². The van der Waals surface area contributed by atoms with Gasteiger partial charge in [-0.3, -0.25) is 4.79 Å². The van der Waals surface area contributed by atoms with E-state index in [1.165, 1.54) is 0 Å². The highest BCUT2D eigenvalue weighted by molar-refractivity contribution is 5.86. The van der Waals surface area contributed by atoms with Gasteiger partial charge in [-0.2, -0.15) is 0 Å². The van der Waals surface area contributed by atoms with Crippen molar-refractivity contribution < 1.29 is 13.7 Å². The number of nitrogens with zero attached hydrogens (tertiary/aromatic N) is 1. The second-order valence-corrected chi connectivity index (χ2v) is 4.61. The molecule has 3 aromatic rings. The summed E-state index contributed by atoms with van der Waals surface area (Å²) < 4.78 is 10.4. The third-order valence-electron chi connectivity index (χ3n) is 3.13. The molecule has 0 unspecified atom stereocenters. The summed E-state index contributed by atoms with van der Waals surface area (Å²) in [5.41, 5.74) is 1.33. The summed E-state index contributed by atoms with van der Waals surface area (Å²) in [6.45, 7) is 1.87. The fraction of sp³-hybridized carbons (Fsp3) is 0.200. The van der Waals surface area contributed by atoms with E-state index in [9.17, 15) is 4.79 Å². The minimum atomic E-state index is -0.171. The van der Waals surface area contributed by atoms with Crippen molar-refractivity contribution in [1.82, 2.24) is 10.5 Å². The molecule has 0 spiro atoms. The van der Waals surface area contributed by atoms with Gasteiger partial charge in [0.2, 0.25) is 5.91 Å². The maximum atomic E-state index is 12.0. The first kappa shape index (κ1) is 12.5. The molecular formula is C15H14N2O3.